The molecule has 5 fully saturated rings. The molecule has 6 heteroatoms. The molecule has 6 nitrogen and oxygen atoms in total. The Balaban J connectivity index is 1.27. The van der Waals surface area contributed by atoms with Gasteiger partial charge in [-0.05, 0) is 75.8 Å². The summed E-state index contributed by atoms with van der Waals surface area (Å²) in [4.78, 5) is 35.1. The van der Waals surface area contributed by atoms with E-state index in [2.05, 4.69) is 32.2 Å². The van der Waals surface area contributed by atoms with Crippen LogP contribution in [0.15, 0.2) is 18.2 Å². The van der Waals surface area contributed by atoms with Crippen molar-refractivity contribution in [3.8, 4) is 0 Å². The number of carbonyl (C=O) groups excluding carboxylic acids is 2. The fraction of sp³-hybridized carbons (Fsp3) is 0.720. The Hall–Kier alpha value is -1.95. The highest BCUT2D eigenvalue weighted by molar-refractivity contribution is 5.84. The molecular weight excluding hydrogens is 388 g/mol. The number of nitrogens with zero attached hydrogens (tertiary/aromatic N) is 3. The van der Waals surface area contributed by atoms with Crippen molar-refractivity contribution in [1.82, 2.24) is 20.1 Å². The molecule has 1 aliphatic heterocycles. The summed E-state index contributed by atoms with van der Waals surface area (Å²) >= 11 is 0. The molecule has 1 aromatic rings. The zero-order valence-electron chi connectivity index (χ0n) is 19.0. The van der Waals surface area contributed by atoms with Gasteiger partial charge in [-0.15, -0.1) is 0 Å². The van der Waals surface area contributed by atoms with Crippen LogP contribution >= 0.6 is 0 Å². The van der Waals surface area contributed by atoms with Gasteiger partial charge in [0.25, 0.3) is 0 Å². The molecule has 4 bridgehead atoms. The number of hydrogen-bond acceptors (Lipinski definition) is 4. The van der Waals surface area contributed by atoms with E-state index in [1.807, 2.05) is 13.0 Å². The van der Waals surface area contributed by atoms with Crippen molar-refractivity contribution < 1.29 is 9.59 Å². The van der Waals surface area contributed by atoms with Crippen molar-refractivity contribution in [2.75, 3.05) is 26.2 Å². The molecule has 0 aromatic carbocycles. The maximum Gasteiger partial charge on any atom is 0.228 e. The van der Waals surface area contributed by atoms with E-state index in [0.29, 0.717) is 17.7 Å². The molecule has 4 saturated carbocycles. The lowest BCUT2D eigenvalue weighted by molar-refractivity contribution is -0.163. The average Bonchev–Trinajstić information content (AvgIpc) is 2.91. The Morgan fingerprint density at radius 2 is 1.87 bits per heavy atom. The average molecular weight is 425 g/mol. The van der Waals surface area contributed by atoms with Gasteiger partial charge in [-0.2, -0.15) is 0 Å². The molecule has 5 aliphatic rings. The molecule has 168 valence electrons. The van der Waals surface area contributed by atoms with E-state index >= 15 is 0 Å². The summed E-state index contributed by atoms with van der Waals surface area (Å²) in [5.74, 6) is 1.60. The Bertz CT molecular complexity index is 855. The van der Waals surface area contributed by atoms with E-state index in [1.54, 1.807) is 6.92 Å². The van der Waals surface area contributed by atoms with E-state index in [4.69, 9.17) is 0 Å². The summed E-state index contributed by atoms with van der Waals surface area (Å²) in [6.07, 6.45) is 7.28. The first-order valence-electron chi connectivity index (χ1n) is 12.1. The second-order valence-electron chi connectivity index (χ2n) is 10.9. The van der Waals surface area contributed by atoms with Gasteiger partial charge in [-0.1, -0.05) is 6.07 Å². The lowest BCUT2D eigenvalue weighted by Crippen LogP contribution is -2.66. The number of aromatic nitrogens is 1. The summed E-state index contributed by atoms with van der Waals surface area (Å²) in [6.45, 7) is 8.07. The molecule has 1 aromatic heterocycles. The van der Waals surface area contributed by atoms with Crippen LogP contribution in [-0.2, 0) is 16.1 Å². The fourth-order valence-corrected chi connectivity index (χ4v) is 7.62. The molecule has 2 unspecified atom stereocenters. The van der Waals surface area contributed by atoms with E-state index in [-0.39, 0.29) is 16.9 Å². The molecular formula is C25H36N4O2. The van der Waals surface area contributed by atoms with Gasteiger partial charge >= 0.3 is 0 Å². The molecule has 1 saturated heterocycles. The SMILES string of the molecule is CC(=O)NC12CC3CC(C1)CC(C(=O)N1CCCN(Cc4cccc(C)n4)CC1)(C3)C2. The number of pyridine rings is 1. The summed E-state index contributed by atoms with van der Waals surface area (Å²) < 4.78 is 0. The van der Waals surface area contributed by atoms with E-state index < -0.39 is 0 Å². The van der Waals surface area contributed by atoms with Crippen LogP contribution in [0.3, 0.4) is 0 Å². The maximum atomic E-state index is 13.9. The second kappa shape index (κ2) is 7.88. The number of amides is 2. The van der Waals surface area contributed by atoms with Crippen molar-refractivity contribution >= 4 is 11.8 Å². The van der Waals surface area contributed by atoms with Crippen molar-refractivity contribution in [3.63, 3.8) is 0 Å². The fourth-order valence-electron chi connectivity index (χ4n) is 7.62. The number of nitrogens with one attached hydrogen (secondary N) is 1. The van der Waals surface area contributed by atoms with Crippen LogP contribution in [0.4, 0.5) is 0 Å². The van der Waals surface area contributed by atoms with E-state index in [1.165, 1.54) is 6.42 Å². The molecule has 2 atom stereocenters. The van der Waals surface area contributed by atoms with Crippen LogP contribution in [-0.4, -0.2) is 58.3 Å². The minimum Gasteiger partial charge on any atom is -0.351 e. The molecule has 4 aliphatic carbocycles. The number of aryl methyl sites for hydroxylation is 1. The van der Waals surface area contributed by atoms with E-state index in [9.17, 15) is 9.59 Å². The zero-order valence-corrected chi connectivity index (χ0v) is 19.0. The lowest BCUT2D eigenvalue weighted by atomic mass is 9.46. The summed E-state index contributed by atoms with van der Waals surface area (Å²) in [5.41, 5.74) is 1.78. The molecule has 0 spiro atoms. The first-order chi connectivity index (χ1) is 14.8. The first-order valence-corrected chi connectivity index (χ1v) is 12.1. The molecule has 2 amide bonds. The molecule has 2 heterocycles. The molecule has 6 rings (SSSR count). The Kier molecular flexibility index (Phi) is 5.32. The van der Waals surface area contributed by atoms with Crippen molar-refractivity contribution in [2.24, 2.45) is 17.3 Å². The van der Waals surface area contributed by atoms with Crippen LogP contribution in [0, 0.1) is 24.2 Å². The third-order valence-corrected chi connectivity index (χ3v) is 8.16. The van der Waals surface area contributed by atoms with Gasteiger partial charge in [0.05, 0.1) is 11.1 Å². The molecule has 31 heavy (non-hydrogen) atoms. The third kappa shape index (κ3) is 4.11. The third-order valence-electron chi connectivity index (χ3n) is 8.16. The van der Waals surface area contributed by atoms with Gasteiger partial charge in [0.2, 0.25) is 11.8 Å². The minimum absolute atomic E-state index is 0.0553. The predicted octanol–water partition coefficient (Wildman–Crippen LogP) is 2.90. The highest BCUT2D eigenvalue weighted by Gasteiger charge is 2.61. The van der Waals surface area contributed by atoms with Gasteiger partial charge < -0.3 is 10.2 Å². The first kappa shape index (κ1) is 20.9. The topological polar surface area (TPSA) is 65.5 Å². The maximum absolute atomic E-state index is 13.9. The monoisotopic (exact) mass is 424 g/mol. The number of rotatable bonds is 4. The van der Waals surface area contributed by atoms with Gasteiger partial charge in [-0.25, -0.2) is 0 Å². The van der Waals surface area contributed by atoms with Gasteiger partial charge in [0, 0.05) is 50.9 Å². The van der Waals surface area contributed by atoms with Crippen LogP contribution in [0.1, 0.15) is 63.3 Å². The van der Waals surface area contributed by atoms with Crippen LogP contribution < -0.4 is 5.32 Å². The summed E-state index contributed by atoms with van der Waals surface area (Å²) in [7, 11) is 0. The predicted molar refractivity (Wildman–Crippen MR) is 119 cm³/mol. The van der Waals surface area contributed by atoms with Crippen molar-refractivity contribution in [2.45, 2.75) is 70.9 Å². The van der Waals surface area contributed by atoms with Crippen molar-refractivity contribution in [3.05, 3.63) is 29.6 Å². The molecule has 0 radical (unpaired) electrons. The van der Waals surface area contributed by atoms with E-state index in [0.717, 1.165) is 82.6 Å². The number of carbonyl (C=O) groups is 2. The van der Waals surface area contributed by atoms with Crippen LogP contribution in [0.2, 0.25) is 0 Å². The summed E-state index contributed by atoms with van der Waals surface area (Å²) in [5, 5.41) is 3.30. The molecule has 1 N–H and O–H groups in total. The second-order valence-corrected chi connectivity index (χ2v) is 10.9. The zero-order chi connectivity index (χ0) is 21.6. The van der Waals surface area contributed by atoms with Crippen LogP contribution in [0.5, 0.6) is 0 Å². The Morgan fingerprint density at radius 1 is 1.10 bits per heavy atom. The largest absolute Gasteiger partial charge is 0.351 e. The quantitative estimate of drug-likeness (QED) is 0.807. The normalized spacial score (nSPS) is 35.1. The number of hydrogen-bond donors (Lipinski definition) is 1. The van der Waals surface area contributed by atoms with Gasteiger partial charge in [0.1, 0.15) is 0 Å². The van der Waals surface area contributed by atoms with Gasteiger partial charge in [-0.3, -0.25) is 19.5 Å². The highest BCUT2D eigenvalue weighted by atomic mass is 16.2. The summed E-state index contributed by atoms with van der Waals surface area (Å²) in [6, 6.07) is 6.20. The minimum atomic E-state index is -0.250. The standard InChI is InChI=1S/C25H36N4O2/c1-18-5-3-6-22(26-18)16-28-7-4-8-29(10-9-28)23(31)24-12-20-11-21(13-24)15-25(14-20,17-24)27-19(2)30/h3,5-6,20-21H,4,7-17H2,1-2H3,(H,27,30). The lowest BCUT2D eigenvalue weighted by Gasteiger charge is -2.61. The van der Waals surface area contributed by atoms with Crippen LogP contribution in [0.25, 0.3) is 0 Å². The Morgan fingerprint density at radius 3 is 2.58 bits per heavy atom. The van der Waals surface area contributed by atoms with Crippen molar-refractivity contribution in [1.29, 1.82) is 0 Å². The Labute approximate surface area is 185 Å². The highest BCUT2D eigenvalue weighted by Crippen LogP contribution is 2.62. The smallest absolute Gasteiger partial charge is 0.228 e. The van der Waals surface area contributed by atoms with Gasteiger partial charge in [0.15, 0.2) is 0 Å².